The molecule has 0 aliphatic carbocycles. The average molecular weight is 231 g/mol. The van der Waals surface area contributed by atoms with E-state index in [0.29, 0.717) is 11.7 Å². The van der Waals surface area contributed by atoms with E-state index in [2.05, 4.69) is 50.7 Å². The van der Waals surface area contributed by atoms with Gasteiger partial charge in [-0.15, -0.1) is 0 Å². The molecule has 0 aliphatic heterocycles. The van der Waals surface area contributed by atoms with Crippen molar-refractivity contribution in [2.45, 2.75) is 40.3 Å². The molecule has 0 saturated heterocycles. The summed E-state index contributed by atoms with van der Waals surface area (Å²) >= 11 is 0. The van der Waals surface area contributed by atoms with Gasteiger partial charge in [0.1, 0.15) is 11.8 Å². The molecule has 0 amide bonds. The molecule has 0 bridgehead atoms. The van der Waals surface area contributed by atoms with Gasteiger partial charge in [-0.25, -0.2) is 4.98 Å². The van der Waals surface area contributed by atoms with Crippen molar-refractivity contribution in [3.63, 3.8) is 0 Å². The molecule has 17 heavy (non-hydrogen) atoms. The summed E-state index contributed by atoms with van der Waals surface area (Å²) in [5, 5.41) is 8.81. The predicted molar refractivity (Wildman–Crippen MR) is 69.3 cm³/mol. The third-order valence-electron chi connectivity index (χ3n) is 3.29. The van der Waals surface area contributed by atoms with Crippen molar-refractivity contribution in [2.75, 3.05) is 7.05 Å². The van der Waals surface area contributed by atoms with Crippen LogP contribution in [0.15, 0.2) is 18.3 Å². The molecule has 0 N–H and O–H groups in total. The minimum absolute atomic E-state index is 0.250. The lowest BCUT2D eigenvalue weighted by Crippen LogP contribution is -2.38. The van der Waals surface area contributed by atoms with Gasteiger partial charge in [0.05, 0.1) is 0 Å². The average Bonchev–Trinajstić information content (AvgIpc) is 2.27. The first-order chi connectivity index (χ1) is 7.84. The lowest BCUT2D eigenvalue weighted by molar-refractivity contribution is 0.134. The van der Waals surface area contributed by atoms with Crippen LogP contribution < -0.4 is 0 Å². The first-order valence-corrected chi connectivity index (χ1v) is 5.90. The maximum absolute atomic E-state index is 8.81. The van der Waals surface area contributed by atoms with Gasteiger partial charge in [0, 0.05) is 18.8 Å². The van der Waals surface area contributed by atoms with E-state index in [4.69, 9.17) is 5.26 Å². The van der Waals surface area contributed by atoms with E-state index in [0.717, 1.165) is 12.1 Å². The quantitative estimate of drug-likeness (QED) is 0.803. The highest BCUT2D eigenvalue weighted by molar-refractivity contribution is 5.25. The molecule has 1 aromatic heterocycles. The number of nitrogens with zero attached hydrogens (tertiary/aromatic N) is 3. The van der Waals surface area contributed by atoms with E-state index in [1.54, 1.807) is 6.20 Å². The monoisotopic (exact) mass is 231 g/mol. The second kappa shape index (κ2) is 5.29. The summed E-state index contributed by atoms with van der Waals surface area (Å²) in [6.45, 7) is 9.78. The molecule has 92 valence electrons. The zero-order valence-electron chi connectivity index (χ0n) is 11.4. The second-order valence-electron chi connectivity index (χ2n) is 5.62. The van der Waals surface area contributed by atoms with Crippen LogP contribution in [0.2, 0.25) is 0 Å². The van der Waals surface area contributed by atoms with Crippen molar-refractivity contribution >= 4 is 0 Å². The van der Waals surface area contributed by atoms with Gasteiger partial charge in [-0.05, 0) is 37.1 Å². The minimum atomic E-state index is 0.250. The molecule has 0 fully saturated rings. The first-order valence-electron chi connectivity index (χ1n) is 5.90. The number of aromatic nitrogens is 1. The first kappa shape index (κ1) is 13.7. The summed E-state index contributed by atoms with van der Waals surface area (Å²) in [4.78, 5) is 6.28. The van der Waals surface area contributed by atoms with Gasteiger partial charge in [-0.1, -0.05) is 20.8 Å². The lowest BCUT2D eigenvalue weighted by Gasteiger charge is -2.35. The number of pyridine rings is 1. The standard InChI is InChI=1S/C14H21N3/c1-11(14(2,3)4)17(5)10-12-6-7-16-13(8-12)9-15/h6-8,11H,10H2,1-5H3. The maximum Gasteiger partial charge on any atom is 0.140 e. The summed E-state index contributed by atoms with van der Waals surface area (Å²) in [5.74, 6) is 0. The molecule has 0 aromatic carbocycles. The number of rotatable bonds is 3. The lowest BCUT2D eigenvalue weighted by atomic mass is 9.87. The fourth-order valence-corrected chi connectivity index (χ4v) is 1.72. The Morgan fingerprint density at radius 2 is 2.12 bits per heavy atom. The molecule has 0 radical (unpaired) electrons. The van der Waals surface area contributed by atoms with E-state index < -0.39 is 0 Å². The summed E-state index contributed by atoms with van der Waals surface area (Å²) < 4.78 is 0. The Kier molecular flexibility index (Phi) is 4.25. The molecular formula is C14H21N3. The maximum atomic E-state index is 8.81. The van der Waals surface area contributed by atoms with Crippen LogP contribution in [0.5, 0.6) is 0 Å². The molecule has 1 aromatic rings. The van der Waals surface area contributed by atoms with Crippen LogP contribution in [0.4, 0.5) is 0 Å². The molecule has 0 spiro atoms. The van der Waals surface area contributed by atoms with Crippen LogP contribution in [-0.4, -0.2) is 23.0 Å². The molecule has 1 unspecified atom stereocenters. The molecule has 1 heterocycles. The normalized spacial score (nSPS) is 13.5. The van der Waals surface area contributed by atoms with Gasteiger partial charge < -0.3 is 0 Å². The van der Waals surface area contributed by atoms with Gasteiger partial charge in [0.2, 0.25) is 0 Å². The second-order valence-corrected chi connectivity index (χ2v) is 5.62. The van der Waals surface area contributed by atoms with E-state index in [1.165, 1.54) is 0 Å². The largest absolute Gasteiger partial charge is 0.299 e. The molecule has 3 heteroatoms. The Bertz CT molecular complexity index is 412. The zero-order valence-corrected chi connectivity index (χ0v) is 11.4. The molecule has 3 nitrogen and oxygen atoms in total. The number of nitriles is 1. The third kappa shape index (κ3) is 3.83. The van der Waals surface area contributed by atoms with Gasteiger partial charge in [0.25, 0.3) is 0 Å². The SMILES string of the molecule is CC(N(C)Cc1ccnc(C#N)c1)C(C)(C)C. The van der Waals surface area contributed by atoms with Crippen LogP contribution in [0.3, 0.4) is 0 Å². The molecule has 0 saturated carbocycles. The highest BCUT2D eigenvalue weighted by Crippen LogP contribution is 2.24. The van der Waals surface area contributed by atoms with Gasteiger partial charge in [-0.2, -0.15) is 5.26 Å². The van der Waals surface area contributed by atoms with E-state index in [9.17, 15) is 0 Å². The zero-order chi connectivity index (χ0) is 13.1. The fraction of sp³-hybridized carbons (Fsp3) is 0.571. The third-order valence-corrected chi connectivity index (χ3v) is 3.29. The molecule has 1 atom stereocenters. The summed E-state index contributed by atoms with van der Waals surface area (Å²) in [6, 6.07) is 6.36. The summed E-state index contributed by atoms with van der Waals surface area (Å²) in [5.41, 5.74) is 1.87. The predicted octanol–water partition coefficient (Wildman–Crippen LogP) is 2.82. The van der Waals surface area contributed by atoms with Crippen LogP contribution in [0, 0.1) is 16.7 Å². The van der Waals surface area contributed by atoms with Crippen molar-refractivity contribution in [2.24, 2.45) is 5.41 Å². The van der Waals surface area contributed by atoms with Crippen molar-refractivity contribution in [3.05, 3.63) is 29.6 Å². The van der Waals surface area contributed by atoms with Gasteiger partial charge >= 0.3 is 0 Å². The number of hydrogen-bond donors (Lipinski definition) is 0. The fourth-order valence-electron chi connectivity index (χ4n) is 1.72. The van der Waals surface area contributed by atoms with Crippen LogP contribution in [-0.2, 0) is 6.54 Å². The van der Waals surface area contributed by atoms with Crippen molar-refractivity contribution < 1.29 is 0 Å². The Balaban J connectivity index is 2.75. The summed E-state index contributed by atoms with van der Waals surface area (Å²) in [7, 11) is 2.11. The highest BCUT2D eigenvalue weighted by atomic mass is 15.1. The van der Waals surface area contributed by atoms with E-state index in [1.807, 2.05) is 12.1 Å². The van der Waals surface area contributed by atoms with Crippen LogP contribution in [0.25, 0.3) is 0 Å². The topological polar surface area (TPSA) is 39.9 Å². The summed E-state index contributed by atoms with van der Waals surface area (Å²) in [6.07, 6.45) is 1.70. The Hall–Kier alpha value is -1.40. The Morgan fingerprint density at radius 1 is 1.47 bits per heavy atom. The van der Waals surface area contributed by atoms with Crippen molar-refractivity contribution in [3.8, 4) is 6.07 Å². The van der Waals surface area contributed by atoms with E-state index >= 15 is 0 Å². The Labute approximate surface area is 104 Å². The Morgan fingerprint density at radius 3 is 2.65 bits per heavy atom. The highest BCUT2D eigenvalue weighted by Gasteiger charge is 2.23. The molecule has 1 rings (SSSR count). The smallest absolute Gasteiger partial charge is 0.140 e. The molecule has 0 aliphatic rings. The molecular weight excluding hydrogens is 210 g/mol. The van der Waals surface area contributed by atoms with Gasteiger partial charge in [-0.3, -0.25) is 4.90 Å². The van der Waals surface area contributed by atoms with Crippen molar-refractivity contribution in [1.82, 2.24) is 9.88 Å². The van der Waals surface area contributed by atoms with E-state index in [-0.39, 0.29) is 5.41 Å². The van der Waals surface area contributed by atoms with Gasteiger partial charge in [0.15, 0.2) is 0 Å². The minimum Gasteiger partial charge on any atom is -0.299 e. The number of hydrogen-bond acceptors (Lipinski definition) is 3. The van der Waals surface area contributed by atoms with Crippen LogP contribution >= 0.6 is 0 Å². The van der Waals surface area contributed by atoms with Crippen LogP contribution in [0.1, 0.15) is 39.0 Å². The van der Waals surface area contributed by atoms with Crippen molar-refractivity contribution in [1.29, 1.82) is 5.26 Å².